The molecule has 1 aromatic rings. The second kappa shape index (κ2) is 10.1. The van der Waals surface area contributed by atoms with Crippen molar-refractivity contribution in [1.82, 2.24) is 14.5 Å². The van der Waals surface area contributed by atoms with Crippen LogP contribution in [0.1, 0.15) is 42.6 Å². The first-order valence-electron chi connectivity index (χ1n) is 10.9. The molecule has 0 spiro atoms. The van der Waals surface area contributed by atoms with E-state index >= 15 is 0 Å². The molecule has 3 rings (SSSR count). The van der Waals surface area contributed by atoms with Gasteiger partial charge in [0.05, 0.1) is 19.4 Å². The van der Waals surface area contributed by atoms with Crippen LogP contribution in [0.15, 0.2) is 23.2 Å². The van der Waals surface area contributed by atoms with Gasteiger partial charge >= 0.3 is 0 Å². The van der Waals surface area contributed by atoms with Gasteiger partial charge in [-0.15, -0.1) is 0 Å². The smallest absolute Gasteiger partial charge is 0.211 e. The number of piperidine rings is 1. The summed E-state index contributed by atoms with van der Waals surface area (Å²) >= 11 is 0. The van der Waals surface area contributed by atoms with Crippen LogP contribution in [-0.4, -0.2) is 75.7 Å². The third-order valence-electron chi connectivity index (χ3n) is 6.01. The maximum absolute atomic E-state index is 11.7. The van der Waals surface area contributed by atoms with Crippen LogP contribution in [0.2, 0.25) is 0 Å². The lowest BCUT2D eigenvalue weighted by molar-refractivity contribution is -0.00836. The van der Waals surface area contributed by atoms with Crippen molar-refractivity contribution in [3.05, 3.63) is 34.9 Å². The number of aliphatic imine (C=N–C) groups is 1. The molecule has 0 bridgehead atoms. The van der Waals surface area contributed by atoms with E-state index in [9.17, 15) is 8.42 Å². The molecule has 2 heterocycles. The lowest BCUT2D eigenvalue weighted by Crippen LogP contribution is -2.48. The van der Waals surface area contributed by atoms with E-state index in [1.807, 2.05) is 0 Å². The monoisotopic (exact) mass is 436 g/mol. The van der Waals surface area contributed by atoms with Gasteiger partial charge in [0.2, 0.25) is 10.0 Å². The van der Waals surface area contributed by atoms with Gasteiger partial charge < -0.3 is 15.0 Å². The maximum Gasteiger partial charge on any atom is 0.211 e. The zero-order chi connectivity index (χ0) is 21.7. The third-order valence-corrected chi connectivity index (χ3v) is 7.32. The molecule has 168 valence electrons. The Bertz CT molecular complexity index is 848. The number of guanidine groups is 1. The molecular weight excluding hydrogens is 400 g/mol. The topological polar surface area (TPSA) is 74.2 Å². The fourth-order valence-corrected chi connectivity index (χ4v) is 5.16. The molecule has 0 saturated carbocycles. The number of rotatable bonds is 5. The van der Waals surface area contributed by atoms with E-state index in [2.05, 4.69) is 49.2 Å². The lowest BCUT2D eigenvalue weighted by atomic mass is 9.98. The fraction of sp³-hybridized carbons (Fsp3) is 0.682. The molecule has 0 radical (unpaired) electrons. The molecule has 0 amide bonds. The van der Waals surface area contributed by atoms with Crippen molar-refractivity contribution in [2.75, 3.05) is 52.1 Å². The molecule has 2 saturated heterocycles. The molecule has 1 N–H and O–H groups in total. The number of sulfonamides is 1. The number of nitrogens with one attached hydrogen (secondary N) is 1. The van der Waals surface area contributed by atoms with Gasteiger partial charge in [0.15, 0.2) is 5.96 Å². The third kappa shape index (κ3) is 5.95. The Morgan fingerprint density at radius 2 is 1.97 bits per heavy atom. The molecule has 30 heavy (non-hydrogen) atoms. The van der Waals surface area contributed by atoms with Gasteiger partial charge in [-0.25, -0.2) is 12.7 Å². The molecular formula is C22H36N4O3S. The summed E-state index contributed by atoms with van der Waals surface area (Å²) in [6, 6.07) is 6.53. The highest BCUT2D eigenvalue weighted by Crippen LogP contribution is 2.26. The molecule has 2 aliphatic heterocycles. The SMILES string of the molecule is CCNC(=NCC1CCN(S(C)(=O)=O)CC1)N1CCOC(c2ccc(C)cc2C)C1. The van der Waals surface area contributed by atoms with Crippen molar-refractivity contribution in [2.45, 2.75) is 39.7 Å². The van der Waals surface area contributed by atoms with Crippen molar-refractivity contribution in [1.29, 1.82) is 0 Å². The molecule has 1 aromatic carbocycles. The van der Waals surface area contributed by atoms with Crippen LogP contribution in [-0.2, 0) is 14.8 Å². The molecule has 8 heteroatoms. The van der Waals surface area contributed by atoms with Crippen LogP contribution in [0.3, 0.4) is 0 Å². The van der Waals surface area contributed by atoms with E-state index in [-0.39, 0.29) is 6.10 Å². The minimum atomic E-state index is -3.08. The Labute approximate surface area is 181 Å². The summed E-state index contributed by atoms with van der Waals surface area (Å²) in [5.41, 5.74) is 3.77. The highest BCUT2D eigenvalue weighted by molar-refractivity contribution is 7.88. The van der Waals surface area contributed by atoms with Gasteiger partial charge in [-0.1, -0.05) is 23.8 Å². The van der Waals surface area contributed by atoms with Gasteiger partial charge in [0, 0.05) is 32.7 Å². The molecule has 0 aromatic heterocycles. The van der Waals surface area contributed by atoms with Crippen LogP contribution >= 0.6 is 0 Å². The summed E-state index contributed by atoms with van der Waals surface area (Å²) in [4.78, 5) is 7.21. The molecule has 2 fully saturated rings. The van der Waals surface area contributed by atoms with Gasteiger partial charge in [0.25, 0.3) is 0 Å². The Morgan fingerprint density at radius 1 is 1.23 bits per heavy atom. The van der Waals surface area contributed by atoms with E-state index < -0.39 is 10.0 Å². The van der Waals surface area contributed by atoms with Crippen LogP contribution in [0.5, 0.6) is 0 Å². The normalized spacial score (nSPS) is 22.3. The quantitative estimate of drug-likeness (QED) is 0.566. The van der Waals surface area contributed by atoms with Crippen LogP contribution in [0.4, 0.5) is 0 Å². The van der Waals surface area contributed by atoms with Gasteiger partial charge in [0.1, 0.15) is 6.10 Å². The summed E-state index contributed by atoms with van der Waals surface area (Å²) < 4.78 is 31.1. The van der Waals surface area contributed by atoms with E-state index in [1.54, 1.807) is 4.31 Å². The Hall–Kier alpha value is -1.64. The van der Waals surface area contributed by atoms with Crippen LogP contribution in [0.25, 0.3) is 0 Å². The fourth-order valence-electron chi connectivity index (χ4n) is 4.28. The minimum Gasteiger partial charge on any atom is -0.370 e. The summed E-state index contributed by atoms with van der Waals surface area (Å²) in [5, 5.41) is 3.43. The second-order valence-electron chi connectivity index (χ2n) is 8.47. The zero-order valence-electron chi connectivity index (χ0n) is 18.7. The molecule has 1 unspecified atom stereocenters. The van der Waals surface area contributed by atoms with Crippen molar-refractivity contribution >= 4 is 16.0 Å². The van der Waals surface area contributed by atoms with E-state index in [0.717, 1.165) is 45.0 Å². The predicted octanol–water partition coefficient (Wildman–Crippen LogP) is 2.31. The summed E-state index contributed by atoms with van der Waals surface area (Å²) in [6.45, 7) is 11.4. The second-order valence-corrected chi connectivity index (χ2v) is 10.4. The molecule has 2 aliphatic rings. The number of ether oxygens (including phenoxy) is 1. The standard InChI is InChI=1S/C22H36N4O3S/c1-5-23-22(24-15-19-8-10-26(11-9-19)30(4,27)28)25-12-13-29-21(16-25)20-7-6-17(2)14-18(20)3/h6-7,14,19,21H,5,8-13,15-16H2,1-4H3,(H,23,24). The molecule has 7 nitrogen and oxygen atoms in total. The van der Waals surface area contributed by atoms with Gasteiger partial charge in [-0.2, -0.15) is 0 Å². The highest BCUT2D eigenvalue weighted by Gasteiger charge is 2.27. The largest absolute Gasteiger partial charge is 0.370 e. The first-order valence-corrected chi connectivity index (χ1v) is 12.8. The van der Waals surface area contributed by atoms with Crippen LogP contribution in [0, 0.1) is 19.8 Å². The van der Waals surface area contributed by atoms with Crippen molar-refractivity contribution in [2.24, 2.45) is 10.9 Å². The summed E-state index contributed by atoms with van der Waals surface area (Å²) in [5.74, 6) is 1.36. The number of morpholine rings is 1. The average molecular weight is 437 g/mol. The molecule has 0 aliphatic carbocycles. The number of benzene rings is 1. The predicted molar refractivity (Wildman–Crippen MR) is 121 cm³/mol. The van der Waals surface area contributed by atoms with E-state index in [1.165, 1.54) is 22.9 Å². The Morgan fingerprint density at radius 3 is 2.60 bits per heavy atom. The minimum absolute atomic E-state index is 0.0428. The first kappa shape index (κ1) is 23.0. The van der Waals surface area contributed by atoms with Gasteiger partial charge in [-0.05, 0) is 50.7 Å². The van der Waals surface area contributed by atoms with Crippen molar-refractivity contribution in [3.63, 3.8) is 0 Å². The van der Waals surface area contributed by atoms with E-state index in [0.29, 0.717) is 25.6 Å². The lowest BCUT2D eigenvalue weighted by Gasteiger charge is -2.36. The highest BCUT2D eigenvalue weighted by atomic mass is 32.2. The van der Waals surface area contributed by atoms with Crippen LogP contribution < -0.4 is 5.32 Å². The number of hydrogen-bond donors (Lipinski definition) is 1. The number of hydrogen-bond acceptors (Lipinski definition) is 4. The zero-order valence-corrected chi connectivity index (χ0v) is 19.5. The number of nitrogens with zero attached hydrogens (tertiary/aromatic N) is 3. The summed E-state index contributed by atoms with van der Waals surface area (Å²) in [7, 11) is -3.08. The maximum atomic E-state index is 11.7. The molecule has 1 atom stereocenters. The number of aryl methyl sites for hydroxylation is 2. The first-order chi connectivity index (χ1) is 14.3. The van der Waals surface area contributed by atoms with Gasteiger partial charge in [-0.3, -0.25) is 4.99 Å². The Kier molecular flexibility index (Phi) is 7.76. The van der Waals surface area contributed by atoms with Crippen molar-refractivity contribution in [3.8, 4) is 0 Å². The summed E-state index contributed by atoms with van der Waals surface area (Å²) in [6.07, 6.45) is 3.06. The average Bonchev–Trinajstić information content (AvgIpc) is 2.71. The Balaban J connectivity index is 1.63. The van der Waals surface area contributed by atoms with Crippen molar-refractivity contribution < 1.29 is 13.2 Å². The van der Waals surface area contributed by atoms with E-state index in [4.69, 9.17) is 9.73 Å².